The van der Waals surface area contributed by atoms with E-state index in [4.69, 9.17) is 5.73 Å². The first kappa shape index (κ1) is 12.3. The molecule has 0 aromatic carbocycles. The van der Waals surface area contributed by atoms with Crippen molar-refractivity contribution in [2.75, 3.05) is 32.7 Å². The first-order chi connectivity index (χ1) is 7.09. The number of nitrogens with two attached hydrogens (primary N) is 1. The molecule has 0 spiro atoms. The molecule has 0 saturated carbocycles. The zero-order chi connectivity index (χ0) is 11.3. The molecule has 0 bridgehead atoms. The van der Waals surface area contributed by atoms with Crippen LogP contribution in [-0.4, -0.2) is 43.6 Å². The van der Waals surface area contributed by atoms with Crippen LogP contribution in [0.4, 0.5) is 0 Å². The Morgan fingerprint density at radius 2 is 2.27 bits per heavy atom. The van der Waals surface area contributed by atoms with Gasteiger partial charge in [0.05, 0.1) is 6.54 Å². The third kappa shape index (κ3) is 3.70. The van der Waals surface area contributed by atoms with E-state index in [2.05, 4.69) is 36.0 Å². The molecule has 1 aliphatic rings. The van der Waals surface area contributed by atoms with E-state index in [0.717, 1.165) is 38.6 Å². The normalized spacial score (nSPS) is 16.1. The van der Waals surface area contributed by atoms with Gasteiger partial charge in [-0.25, -0.2) is 0 Å². The Morgan fingerprint density at radius 3 is 2.73 bits per heavy atom. The molecule has 0 aromatic heterocycles. The first-order valence-corrected chi connectivity index (χ1v) is 5.82. The quantitative estimate of drug-likeness (QED) is 0.703. The number of nitrogens with one attached hydrogen (secondary N) is 1. The topological polar surface area (TPSA) is 53.6 Å². The fourth-order valence-corrected chi connectivity index (χ4v) is 1.71. The van der Waals surface area contributed by atoms with Gasteiger partial charge in [-0.2, -0.15) is 0 Å². The SMILES string of the molecule is CCCN(CC(C)(C)CN)C1=NCCN1. The standard InChI is InChI=1S/C11H24N4/c1-4-7-15(9-11(2,3)8-12)10-13-5-6-14-10/h4-9,12H2,1-3H3,(H,13,14). The number of aliphatic imine (C=N–C) groups is 1. The smallest absolute Gasteiger partial charge is 0.194 e. The summed E-state index contributed by atoms with van der Waals surface area (Å²) in [6, 6.07) is 0. The van der Waals surface area contributed by atoms with Gasteiger partial charge in [0.15, 0.2) is 5.96 Å². The molecule has 88 valence electrons. The minimum Gasteiger partial charge on any atom is -0.354 e. The fraction of sp³-hybridized carbons (Fsp3) is 0.909. The molecular formula is C11H24N4. The average Bonchev–Trinajstić information content (AvgIpc) is 2.70. The highest BCUT2D eigenvalue weighted by molar-refractivity contribution is 5.81. The predicted molar refractivity (Wildman–Crippen MR) is 65.0 cm³/mol. The number of guanidine groups is 1. The van der Waals surface area contributed by atoms with Crippen molar-refractivity contribution in [2.24, 2.45) is 16.1 Å². The van der Waals surface area contributed by atoms with Gasteiger partial charge in [0, 0.05) is 19.6 Å². The average molecular weight is 212 g/mol. The lowest BCUT2D eigenvalue weighted by Gasteiger charge is -2.32. The highest BCUT2D eigenvalue weighted by Crippen LogP contribution is 2.15. The second kappa shape index (κ2) is 5.35. The van der Waals surface area contributed by atoms with Crippen LogP contribution in [0.2, 0.25) is 0 Å². The first-order valence-electron chi connectivity index (χ1n) is 5.82. The minimum atomic E-state index is 0.155. The van der Waals surface area contributed by atoms with Gasteiger partial charge in [0.1, 0.15) is 0 Å². The predicted octanol–water partition coefficient (Wildman–Crippen LogP) is 0.643. The van der Waals surface area contributed by atoms with Crippen molar-refractivity contribution in [2.45, 2.75) is 27.2 Å². The molecule has 0 aromatic rings. The van der Waals surface area contributed by atoms with Crippen molar-refractivity contribution < 1.29 is 0 Å². The second-order valence-electron chi connectivity index (χ2n) is 4.92. The monoisotopic (exact) mass is 212 g/mol. The number of rotatable bonds is 5. The van der Waals surface area contributed by atoms with Crippen LogP contribution in [0.15, 0.2) is 4.99 Å². The molecule has 15 heavy (non-hydrogen) atoms. The molecule has 0 unspecified atom stereocenters. The van der Waals surface area contributed by atoms with Crippen LogP contribution < -0.4 is 11.1 Å². The van der Waals surface area contributed by atoms with Crippen molar-refractivity contribution in [3.05, 3.63) is 0 Å². The Labute approximate surface area is 92.9 Å². The highest BCUT2D eigenvalue weighted by atomic mass is 15.3. The van der Waals surface area contributed by atoms with Crippen molar-refractivity contribution in [1.29, 1.82) is 0 Å². The summed E-state index contributed by atoms with van der Waals surface area (Å²) in [6.07, 6.45) is 1.14. The van der Waals surface area contributed by atoms with Gasteiger partial charge in [-0.05, 0) is 18.4 Å². The van der Waals surface area contributed by atoms with Crippen LogP contribution in [0.3, 0.4) is 0 Å². The number of nitrogens with zero attached hydrogens (tertiary/aromatic N) is 2. The molecule has 1 rings (SSSR count). The van der Waals surface area contributed by atoms with Crippen LogP contribution in [0.5, 0.6) is 0 Å². The van der Waals surface area contributed by atoms with Crippen LogP contribution in [0.25, 0.3) is 0 Å². The summed E-state index contributed by atoms with van der Waals surface area (Å²) in [5.74, 6) is 1.05. The van der Waals surface area contributed by atoms with Gasteiger partial charge < -0.3 is 16.0 Å². The summed E-state index contributed by atoms with van der Waals surface area (Å²) in [4.78, 5) is 6.78. The van der Waals surface area contributed by atoms with Gasteiger partial charge in [0.2, 0.25) is 0 Å². The van der Waals surface area contributed by atoms with E-state index in [0.29, 0.717) is 6.54 Å². The Hall–Kier alpha value is -0.770. The molecule has 4 heteroatoms. The third-order valence-corrected chi connectivity index (χ3v) is 2.62. The van der Waals surface area contributed by atoms with Gasteiger partial charge in [-0.1, -0.05) is 20.8 Å². The second-order valence-corrected chi connectivity index (χ2v) is 4.92. The maximum absolute atomic E-state index is 5.76. The molecule has 1 heterocycles. The molecule has 4 nitrogen and oxygen atoms in total. The van der Waals surface area contributed by atoms with E-state index in [1.807, 2.05) is 0 Å². The molecule has 0 radical (unpaired) electrons. The lowest BCUT2D eigenvalue weighted by molar-refractivity contribution is 0.255. The van der Waals surface area contributed by atoms with E-state index >= 15 is 0 Å². The third-order valence-electron chi connectivity index (χ3n) is 2.62. The van der Waals surface area contributed by atoms with Crippen LogP contribution >= 0.6 is 0 Å². The summed E-state index contributed by atoms with van der Waals surface area (Å²) in [5, 5.41) is 3.32. The Balaban J connectivity index is 2.57. The lowest BCUT2D eigenvalue weighted by Crippen LogP contribution is -2.46. The Morgan fingerprint density at radius 1 is 1.53 bits per heavy atom. The van der Waals surface area contributed by atoms with Crippen LogP contribution in [-0.2, 0) is 0 Å². The summed E-state index contributed by atoms with van der Waals surface area (Å²) in [6.45, 7) is 11.2. The van der Waals surface area contributed by atoms with Crippen LogP contribution in [0, 0.1) is 5.41 Å². The molecule has 0 fully saturated rings. The van der Waals surface area contributed by atoms with Gasteiger partial charge in [-0.3, -0.25) is 4.99 Å². The maximum atomic E-state index is 5.76. The highest BCUT2D eigenvalue weighted by Gasteiger charge is 2.23. The fourth-order valence-electron chi connectivity index (χ4n) is 1.71. The zero-order valence-corrected chi connectivity index (χ0v) is 10.2. The summed E-state index contributed by atoms with van der Waals surface area (Å²) >= 11 is 0. The van der Waals surface area contributed by atoms with E-state index in [-0.39, 0.29) is 5.41 Å². The molecule has 0 saturated heterocycles. The van der Waals surface area contributed by atoms with E-state index in [9.17, 15) is 0 Å². The van der Waals surface area contributed by atoms with Crippen molar-refractivity contribution in [3.63, 3.8) is 0 Å². The summed E-state index contributed by atoms with van der Waals surface area (Å²) in [7, 11) is 0. The van der Waals surface area contributed by atoms with Gasteiger partial charge >= 0.3 is 0 Å². The molecule has 0 amide bonds. The Kier molecular flexibility index (Phi) is 4.39. The van der Waals surface area contributed by atoms with Crippen molar-refractivity contribution >= 4 is 5.96 Å². The summed E-state index contributed by atoms with van der Waals surface area (Å²) in [5.41, 5.74) is 5.92. The molecule has 1 aliphatic heterocycles. The van der Waals surface area contributed by atoms with Crippen molar-refractivity contribution in [1.82, 2.24) is 10.2 Å². The van der Waals surface area contributed by atoms with Gasteiger partial charge in [-0.15, -0.1) is 0 Å². The van der Waals surface area contributed by atoms with E-state index < -0.39 is 0 Å². The van der Waals surface area contributed by atoms with Crippen molar-refractivity contribution in [3.8, 4) is 0 Å². The zero-order valence-electron chi connectivity index (χ0n) is 10.2. The maximum Gasteiger partial charge on any atom is 0.194 e. The Bertz CT molecular complexity index is 223. The summed E-state index contributed by atoms with van der Waals surface area (Å²) < 4.78 is 0. The lowest BCUT2D eigenvalue weighted by atomic mass is 9.93. The number of hydrogen-bond acceptors (Lipinski definition) is 4. The van der Waals surface area contributed by atoms with E-state index in [1.165, 1.54) is 0 Å². The van der Waals surface area contributed by atoms with E-state index in [1.54, 1.807) is 0 Å². The minimum absolute atomic E-state index is 0.155. The molecule has 0 atom stereocenters. The molecule has 0 aliphatic carbocycles. The number of hydrogen-bond donors (Lipinski definition) is 2. The molecule has 3 N–H and O–H groups in total. The molecular weight excluding hydrogens is 188 g/mol. The van der Waals surface area contributed by atoms with Crippen LogP contribution in [0.1, 0.15) is 27.2 Å². The largest absolute Gasteiger partial charge is 0.354 e. The van der Waals surface area contributed by atoms with Gasteiger partial charge in [0.25, 0.3) is 0 Å².